The van der Waals surface area contributed by atoms with Crippen molar-refractivity contribution in [1.82, 2.24) is 13.9 Å². The van der Waals surface area contributed by atoms with Crippen LogP contribution in [0.1, 0.15) is 48.7 Å². The number of fused-ring (bicyclic) bond motifs is 1. The normalized spacial score (nSPS) is 15.3. The molecule has 0 aliphatic carbocycles. The quantitative estimate of drug-likeness (QED) is 0.617. The molecule has 1 saturated heterocycles. The van der Waals surface area contributed by atoms with Gasteiger partial charge in [-0.3, -0.25) is 9.59 Å². The van der Waals surface area contributed by atoms with E-state index in [-0.39, 0.29) is 15.9 Å². The molecule has 2 aromatic heterocycles. The Labute approximate surface area is 193 Å². The number of benzene rings is 1. The molecule has 0 atom stereocenters. The van der Waals surface area contributed by atoms with Crippen LogP contribution in [0, 0.1) is 6.92 Å². The Morgan fingerprint density at radius 1 is 1.03 bits per heavy atom. The fourth-order valence-electron chi connectivity index (χ4n) is 4.10. The number of carbonyl (C=O) groups is 1. The lowest BCUT2D eigenvalue weighted by Gasteiger charge is -2.20. The molecule has 3 aromatic rings. The van der Waals surface area contributed by atoms with Crippen molar-refractivity contribution in [2.24, 2.45) is 0 Å². The molecule has 9 heteroatoms. The average molecular weight is 469 g/mol. The summed E-state index contributed by atoms with van der Waals surface area (Å²) in [5, 5.41) is 3.10. The van der Waals surface area contributed by atoms with E-state index < -0.39 is 15.9 Å². The second kappa shape index (κ2) is 9.44. The summed E-state index contributed by atoms with van der Waals surface area (Å²) in [6.45, 7) is 5.37. The maximum absolute atomic E-state index is 12.9. The van der Waals surface area contributed by atoms with Crippen molar-refractivity contribution in [3.8, 4) is 0 Å². The molecule has 0 unspecified atom stereocenters. The second-order valence-corrected chi connectivity index (χ2v) is 10.2. The number of nitrogens with one attached hydrogen (secondary N) is 1. The van der Waals surface area contributed by atoms with Crippen LogP contribution in [0.4, 0.5) is 5.69 Å². The molecule has 1 aliphatic rings. The molecule has 1 N–H and O–H groups in total. The SMILES string of the molecule is CCn1cc(C(=O)Nc2ccc(S(=O)(=O)N3CCCCCC3)cc2)c(=O)c2ccc(C)nc21. The molecular formula is C24H28N4O4S. The minimum absolute atomic E-state index is 0.0104. The Bertz CT molecular complexity index is 1340. The van der Waals surface area contributed by atoms with Crippen LogP contribution < -0.4 is 10.7 Å². The zero-order valence-corrected chi connectivity index (χ0v) is 19.7. The van der Waals surface area contributed by atoms with Crippen molar-refractivity contribution in [3.63, 3.8) is 0 Å². The first-order chi connectivity index (χ1) is 15.8. The summed E-state index contributed by atoms with van der Waals surface area (Å²) in [4.78, 5) is 30.5. The van der Waals surface area contributed by atoms with Gasteiger partial charge < -0.3 is 9.88 Å². The molecule has 0 spiro atoms. The van der Waals surface area contributed by atoms with Gasteiger partial charge in [0, 0.05) is 37.2 Å². The van der Waals surface area contributed by atoms with Crippen LogP contribution >= 0.6 is 0 Å². The average Bonchev–Trinajstić information content (AvgIpc) is 3.10. The number of amides is 1. The van der Waals surface area contributed by atoms with Gasteiger partial charge in [0.15, 0.2) is 0 Å². The maximum Gasteiger partial charge on any atom is 0.261 e. The number of rotatable bonds is 5. The Balaban J connectivity index is 1.58. The van der Waals surface area contributed by atoms with E-state index in [0.717, 1.165) is 31.4 Å². The van der Waals surface area contributed by atoms with Crippen LogP contribution in [0.3, 0.4) is 0 Å². The van der Waals surface area contributed by atoms with E-state index in [0.29, 0.717) is 36.4 Å². The highest BCUT2D eigenvalue weighted by Crippen LogP contribution is 2.22. The Morgan fingerprint density at radius 3 is 2.33 bits per heavy atom. The molecule has 1 aliphatic heterocycles. The lowest BCUT2D eigenvalue weighted by Crippen LogP contribution is -2.31. The Morgan fingerprint density at radius 2 is 1.70 bits per heavy atom. The fraction of sp³-hybridized carbons (Fsp3) is 0.375. The van der Waals surface area contributed by atoms with Crippen molar-refractivity contribution < 1.29 is 13.2 Å². The maximum atomic E-state index is 12.9. The summed E-state index contributed by atoms with van der Waals surface area (Å²) in [5.74, 6) is -0.548. The first-order valence-corrected chi connectivity index (χ1v) is 12.7. The van der Waals surface area contributed by atoms with E-state index >= 15 is 0 Å². The summed E-state index contributed by atoms with van der Waals surface area (Å²) in [6.07, 6.45) is 5.33. The van der Waals surface area contributed by atoms with Crippen LogP contribution in [0.15, 0.2) is 52.3 Å². The molecule has 174 valence electrons. The molecular weight excluding hydrogens is 440 g/mol. The van der Waals surface area contributed by atoms with Gasteiger partial charge in [-0.1, -0.05) is 12.8 Å². The van der Waals surface area contributed by atoms with Crippen LogP contribution in [0.2, 0.25) is 0 Å². The van der Waals surface area contributed by atoms with Gasteiger partial charge >= 0.3 is 0 Å². The number of nitrogens with zero attached hydrogens (tertiary/aromatic N) is 3. The highest BCUT2D eigenvalue weighted by Gasteiger charge is 2.25. The summed E-state index contributed by atoms with van der Waals surface area (Å²) in [7, 11) is -3.57. The van der Waals surface area contributed by atoms with E-state index in [1.165, 1.54) is 22.6 Å². The minimum Gasteiger partial charge on any atom is -0.332 e. The number of aryl methyl sites for hydroxylation is 2. The van der Waals surface area contributed by atoms with Crippen LogP contribution in [-0.2, 0) is 16.6 Å². The first kappa shape index (κ1) is 23.1. The summed E-state index contributed by atoms with van der Waals surface area (Å²) in [6, 6.07) is 9.51. The molecule has 3 heterocycles. The molecule has 33 heavy (non-hydrogen) atoms. The Kier molecular flexibility index (Phi) is 6.62. The van der Waals surface area contributed by atoms with Gasteiger partial charge in [-0.15, -0.1) is 0 Å². The topological polar surface area (TPSA) is 101 Å². The predicted octanol–water partition coefficient (Wildman–Crippen LogP) is 3.54. The monoisotopic (exact) mass is 468 g/mol. The summed E-state index contributed by atoms with van der Waals surface area (Å²) >= 11 is 0. The summed E-state index contributed by atoms with van der Waals surface area (Å²) < 4.78 is 29.2. The third-order valence-corrected chi connectivity index (χ3v) is 7.87. The minimum atomic E-state index is -3.57. The number of pyridine rings is 2. The largest absolute Gasteiger partial charge is 0.332 e. The highest BCUT2D eigenvalue weighted by molar-refractivity contribution is 7.89. The summed E-state index contributed by atoms with van der Waals surface area (Å²) in [5.41, 5.74) is 1.37. The van der Waals surface area contributed by atoms with E-state index in [9.17, 15) is 18.0 Å². The lowest BCUT2D eigenvalue weighted by molar-refractivity contribution is 0.102. The van der Waals surface area contributed by atoms with Gasteiger partial charge in [-0.05, 0) is 63.1 Å². The number of sulfonamides is 1. The highest BCUT2D eigenvalue weighted by atomic mass is 32.2. The van der Waals surface area contributed by atoms with Crippen LogP contribution in [0.25, 0.3) is 11.0 Å². The first-order valence-electron chi connectivity index (χ1n) is 11.2. The van der Waals surface area contributed by atoms with Crippen LogP contribution in [0.5, 0.6) is 0 Å². The van der Waals surface area contributed by atoms with Gasteiger partial charge in [-0.2, -0.15) is 4.31 Å². The van der Waals surface area contributed by atoms with Crippen molar-refractivity contribution in [2.45, 2.75) is 51.0 Å². The molecule has 1 amide bonds. The van der Waals surface area contributed by atoms with Gasteiger partial charge in [0.2, 0.25) is 15.5 Å². The number of anilines is 1. The molecule has 1 aromatic carbocycles. The molecule has 0 bridgehead atoms. The van der Waals surface area contributed by atoms with Gasteiger partial charge in [0.05, 0.1) is 10.3 Å². The molecule has 0 saturated carbocycles. The standard InChI is InChI=1S/C24H28N4O4S/c1-3-27-16-21(22(29)20-13-8-17(2)25-23(20)27)24(30)26-18-9-11-19(12-10-18)33(31,32)28-14-6-4-5-7-15-28/h8-13,16H,3-7,14-15H2,1-2H3,(H,26,30). The molecule has 4 rings (SSSR count). The van der Waals surface area contributed by atoms with Crippen molar-refractivity contribution in [3.05, 3.63) is 64.1 Å². The number of hydrogen-bond donors (Lipinski definition) is 1. The Hall–Kier alpha value is -3.04. The van der Waals surface area contributed by atoms with Gasteiger partial charge in [0.25, 0.3) is 5.91 Å². The van der Waals surface area contributed by atoms with Crippen molar-refractivity contribution >= 4 is 32.7 Å². The lowest BCUT2D eigenvalue weighted by atomic mass is 10.1. The molecule has 8 nitrogen and oxygen atoms in total. The van der Waals surface area contributed by atoms with Crippen LogP contribution in [-0.4, -0.2) is 41.3 Å². The predicted molar refractivity (Wildman–Crippen MR) is 128 cm³/mol. The second-order valence-electron chi connectivity index (χ2n) is 8.28. The number of carbonyl (C=O) groups excluding carboxylic acids is 1. The van der Waals surface area contributed by atoms with Crippen molar-refractivity contribution in [2.75, 3.05) is 18.4 Å². The molecule has 1 fully saturated rings. The third kappa shape index (κ3) is 4.69. The zero-order valence-electron chi connectivity index (χ0n) is 18.9. The molecule has 0 radical (unpaired) electrons. The third-order valence-electron chi connectivity index (χ3n) is 5.96. The van der Waals surface area contributed by atoms with Crippen molar-refractivity contribution in [1.29, 1.82) is 0 Å². The number of aromatic nitrogens is 2. The number of hydrogen-bond acceptors (Lipinski definition) is 5. The van der Waals surface area contributed by atoms with Gasteiger partial charge in [-0.25, -0.2) is 13.4 Å². The van der Waals surface area contributed by atoms with E-state index in [1.54, 1.807) is 28.8 Å². The van der Waals surface area contributed by atoms with E-state index in [4.69, 9.17) is 0 Å². The zero-order chi connectivity index (χ0) is 23.6. The van der Waals surface area contributed by atoms with Gasteiger partial charge in [0.1, 0.15) is 11.2 Å². The fourth-order valence-corrected chi connectivity index (χ4v) is 5.62. The smallest absolute Gasteiger partial charge is 0.261 e. The van der Waals surface area contributed by atoms with E-state index in [1.807, 2.05) is 13.8 Å². The van der Waals surface area contributed by atoms with E-state index in [2.05, 4.69) is 10.3 Å².